The van der Waals surface area contributed by atoms with Crippen LogP contribution in [0.4, 0.5) is 0 Å². The molecular formula is C10H16N2. The van der Waals surface area contributed by atoms with Crippen LogP contribution in [0.3, 0.4) is 0 Å². The van der Waals surface area contributed by atoms with E-state index in [1.807, 2.05) is 43.7 Å². The van der Waals surface area contributed by atoms with Gasteiger partial charge in [-0.15, -0.1) is 0 Å². The molecular weight excluding hydrogens is 148 g/mol. The normalized spacial score (nSPS) is 9.25. The minimum atomic E-state index is 0.914. The summed E-state index contributed by atoms with van der Waals surface area (Å²) in [6, 6.07) is 0. The highest BCUT2D eigenvalue weighted by Crippen LogP contribution is 1.99. The van der Waals surface area contributed by atoms with Crippen molar-refractivity contribution < 1.29 is 0 Å². The molecule has 1 rings (SSSR count). The van der Waals surface area contributed by atoms with Crippen molar-refractivity contribution in [1.29, 1.82) is 0 Å². The molecule has 12 heavy (non-hydrogen) atoms. The summed E-state index contributed by atoms with van der Waals surface area (Å²) in [4.78, 5) is 4.08. The van der Waals surface area contributed by atoms with E-state index in [1.165, 1.54) is 0 Å². The van der Waals surface area contributed by atoms with Crippen molar-refractivity contribution in [3.05, 3.63) is 30.9 Å². The molecule has 0 aliphatic heterocycles. The predicted octanol–water partition coefficient (Wildman–Crippen LogP) is 3.04. The molecule has 0 atom stereocenters. The van der Waals surface area contributed by atoms with Gasteiger partial charge in [0.05, 0.1) is 0 Å². The summed E-state index contributed by atoms with van der Waals surface area (Å²) in [5.41, 5.74) is 0. The molecule has 66 valence electrons. The lowest BCUT2D eigenvalue weighted by atomic mass is 10.5. The standard InChI is InChI=1S/C8H10N2.C2H6/c1-3-5-8-9-6-7-10(8)4-2;1-2/h3-7H,2H2,1H3;1-2H3/b5-3-;. The summed E-state index contributed by atoms with van der Waals surface area (Å²) in [7, 11) is 0. The maximum Gasteiger partial charge on any atom is 0.136 e. The number of nitrogens with zero attached hydrogens (tertiary/aromatic N) is 2. The highest BCUT2D eigenvalue weighted by Gasteiger charge is 1.90. The van der Waals surface area contributed by atoms with Crippen molar-refractivity contribution in [1.82, 2.24) is 9.55 Å². The van der Waals surface area contributed by atoms with Gasteiger partial charge in [0.1, 0.15) is 5.82 Å². The molecule has 0 saturated heterocycles. The molecule has 0 unspecified atom stereocenters. The average molecular weight is 164 g/mol. The smallest absolute Gasteiger partial charge is 0.136 e. The van der Waals surface area contributed by atoms with E-state index in [1.54, 1.807) is 12.4 Å². The van der Waals surface area contributed by atoms with Gasteiger partial charge in [0.25, 0.3) is 0 Å². The predicted molar refractivity (Wildman–Crippen MR) is 54.7 cm³/mol. The van der Waals surface area contributed by atoms with Gasteiger partial charge in [0, 0.05) is 18.6 Å². The van der Waals surface area contributed by atoms with Crippen molar-refractivity contribution in [2.75, 3.05) is 0 Å². The van der Waals surface area contributed by atoms with E-state index in [-0.39, 0.29) is 0 Å². The van der Waals surface area contributed by atoms with Gasteiger partial charge in [-0.3, -0.25) is 0 Å². The Labute approximate surface area is 74.3 Å². The summed E-state index contributed by atoms with van der Waals surface area (Å²) in [5, 5.41) is 0. The van der Waals surface area contributed by atoms with E-state index >= 15 is 0 Å². The Balaban J connectivity index is 0.000000561. The minimum absolute atomic E-state index is 0.914. The van der Waals surface area contributed by atoms with Crippen LogP contribution in [0, 0.1) is 0 Å². The maximum atomic E-state index is 4.08. The molecule has 0 aromatic carbocycles. The Kier molecular flexibility index (Phi) is 5.70. The Hall–Kier alpha value is -1.31. The van der Waals surface area contributed by atoms with Crippen molar-refractivity contribution in [3.8, 4) is 0 Å². The van der Waals surface area contributed by atoms with Gasteiger partial charge in [0.15, 0.2) is 0 Å². The van der Waals surface area contributed by atoms with Gasteiger partial charge in [0.2, 0.25) is 0 Å². The Morgan fingerprint density at radius 3 is 2.67 bits per heavy atom. The van der Waals surface area contributed by atoms with Crippen LogP contribution in [0.5, 0.6) is 0 Å². The molecule has 0 saturated carbocycles. The summed E-state index contributed by atoms with van der Waals surface area (Å²) < 4.78 is 1.86. The molecule has 0 radical (unpaired) electrons. The van der Waals surface area contributed by atoms with Gasteiger partial charge in [-0.25, -0.2) is 4.98 Å². The lowest BCUT2D eigenvalue weighted by molar-refractivity contribution is 1.11. The first-order valence-electron chi connectivity index (χ1n) is 4.16. The molecule has 1 heterocycles. The minimum Gasteiger partial charge on any atom is -0.308 e. The topological polar surface area (TPSA) is 17.8 Å². The van der Waals surface area contributed by atoms with Crippen LogP contribution < -0.4 is 0 Å². The second-order valence-electron chi connectivity index (χ2n) is 1.88. The van der Waals surface area contributed by atoms with Crippen molar-refractivity contribution in [2.45, 2.75) is 20.8 Å². The molecule has 0 aliphatic carbocycles. The van der Waals surface area contributed by atoms with Crippen LogP contribution in [0.2, 0.25) is 0 Å². The van der Waals surface area contributed by atoms with Crippen LogP contribution >= 0.6 is 0 Å². The molecule has 1 aromatic rings. The number of hydrogen-bond donors (Lipinski definition) is 0. The van der Waals surface area contributed by atoms with E-state index in [0.717, 1.165) is 5.82 Å². The maximum absolute atomic E-state index is 4.08. The number of imidazole rings is 1. The second-order valence-corrected chi connectivity index (χ2v) is 1.88. The molecule has 0 N–H and O–H groups in total. The summed E-state index contributed by atoms with van der Waals surface area (Å²) in [5.74, 6) is 0.914. The fourth-order valence-electron chi connectivity index (χ4n) is 0.757. The lowest BCUT2D eigenvalue weighted by Gasteiger charge is -1.92. The first-order valence-corrected chi connectivity index (χ1v) is 4.16. The fraction of sp³-hybridized carbons (Fsp3) is 0.300. The quantitative estimate of drug-likeness (QED) is 0.657. The van der Waals surface area contributed by atoms with Gasteiger partial charge < -0.3 is 4.57 Å². The van der Waals surface area contributed by atoms with E-state index in [0.29, 0.717) is 0 Å². The third-order valence-corrected chi connectivity index (χ3v) is 1.21. The van der Waals surface area contributed by atoms with Crippen molar-refractivity contribution in [2.24, 2.45) is 0 Å². The monoisotopic (exact) mass is 164 g/mol. The van der Waals surface area contributed by atoms with Gasteiger partial charge in [-0.1, -0.05) is 26.5 Å². The van der Waals surface area contributed by atoms with Crippen LogP contribution in [-0.4, -0.2) is 9.55 Å². The molecule has 0 spiro atoms. The molecule has 2 heteroatoms. The number of hydrogen-bond acceptors (Lipinski definition) is 1. The highest BCUT2D eigenvalue weighted by molar-refractivity contribution is 5.43. The summed E-state index contributed by atoms with van der Waals surface area (Å²) in [6.45, 7) is 9.60. The third-order valence-electron chi connectivity index (χ3n) is 1.21. The van der Waals surface area contributed by atoms with Gasteiger partial charge >= 0.3 is 0 Å². The molecule has 0 fully saturated rings. The molecule has 0 amide bonds. The van der Waals surface area contributed by atoms with E-state index in [2.05, 4.69) is 11.6 Å². The second kappa shape index (κ2) is 6.40. The van der Waals surface area contributed by atoms with E-state index < -0.39 is 0 Å². The van der Waals surface area contributed by atoms with Crippen molar-refractivity contribution >= 4 is 12.3 Å². The number of rotatable bonds is 2. The summed E-state index contributed by atoms with van der Waals surface area (Å²) >= 11 is 0. The molecule has 0 bridgehead atoms. The Bertz CT molecular complexity index is 246. The Morgan fingerprint density at radius 2 is 2.17 bits per heavy atom. The number of aromatic nitrogens is 2. The zero-order valence-corrected chi connectivity index (χ0v) is 7.99. The Morgan fingerprint density at radius 1 is 1.50 bits per heavy atom. The average Bonchev–Trinajstić information content (AvgIpc) is 2.56. The third kappa shape index (κ3) is 2.74. The molecule has 0 aliphatic rings. The van der Waals surface area contributed by atoms with E-state index in [4.69, 9.17) is 0 Å². The van der Waals surface area contributed by atoms with Gasteiger partial charge in [-0.2, -0.15) is 0 Å². The number of allylic oxidation sites excluding steroid dienone is 1. The first kappa shape index (κ1) is 10.7. The largest absolute Gasteiger partial charge is 0.308 e. The van der Waals surface area contributed by atoms with E-state index in [9.17, 15) is 0 Å². The van der Waals surface area contributed by atoms with Crippen LogP contribution in [0.15, 0.2) is 25.0 Å². The zero-order chi connectivity index (χ0) is 9.40. The zero-order valence-electron chi connectivity index (χ0n) is 7.99. The van der Waals surface area contributed by atoms with Crippen LogP contribution in [0.25, 0.3) is 12.3 Å². The van der Waals surface area contributed by atoms with Crippen LogP contribution in [0.1, 0.15) is 26.6 Å². The lowest BCUT2D eigenvalue weighted by Crippen LogP contribution is -1.86. The van der Waals surface area contributed by atoms with Crippen LogP contribution in [-0.2, 0) is 0 Å². The fourth-order valence-corrected chi connectivity index (χ4v) is 0.757. The van der Waals surface area contributed by atoms with Crippen molar-refractivity contribution in [3.63, 3.8) is 0 Å². The summed E-state index contributed by atoms with van der Waals surface area (Å²) in [6.07, 6.45) is 9.21. The molecule has 1 aromatic heterocycles. The molecule has 2 nitrogen and oxygen atoms in total. The van der Waals surface area contributed by atoms with Gasteiger partial charge in [-0.05, 0) is 13.0 Å². The SMILES string of the molecule is C=Cn1ccnc1/C=C\C.CC. The highest BCUT2D eigenvalue weighted by atomic mass is 15.0. The first-order chi connectivity index (χ1) is 5.88.